The Kier molecular flexibility index (Phi) is 3.91. The first-order valence-corrected chi connectivity index (χ1v) is 8.94. The van der Waals surface area contributed by atoms with Crippen LogP contribution >= 0.6 is 0 Å². The van der Waals surface area contributed by atoms with Gasteiger partial charge in [-0.1, -0.05) is 12.1 Å². The number of piperidine rings is 1. The smallest absolute Gasteiger partial charge is 0.224 e. The highest BCUT2D eigenvalue weighted by molar-refractivity contribution is 5.92. The predicted molar refractivity (Wildman–Crippen MR) is 89.0 cm³/mol. The molecular formula is C19H26N2O. The highest BCUT2D eigenvalue weighted by Crippen LogP contribution is 2.33. The summed E-state index contributed by atoms with van der Waals surface area (Å²) in [5.41, 5.74) is 3.88. The van der Waals surface area contributed by atoms with Crippen LogP contribution in [0, 0.1) is 5.92 Å². The Morgan fingerprint density at radius 2 is 1.91 bits per heavy atom. The molecule has 2 fully saturated rings. The minimum atomic E-state index is 0.213. The average Bonchev–Trinajstić information content (AvgIpc) is 2.86. The number of aryl methyl sites for hydroxylation is 1. The van der Waals surface area contributed by atoms with Crippen LogP contribution in [0.15, 0.2) is 18.2 Å². The summed E-state index contributed by atoms with van der Waals surface area (Å²) in [5.74, 6) is 0.781. The van der Waals surface area contributed by atoms with E-state index in [-0.39, 0.29) is 5.91 Å². The fourth-order valence-corrected chi connectivity index (χ4v) is 4.70. The molecule has 1 amide bonds. The number of fused-ring (bicyclic) bond motifs is 3. The van der Waals surface area contributed by atoms with Crippen molar-refractivity contribution in [1.82, 2.24) is 5.32 Å². The summed E-state index contributed by atoms with van der Waals surface area (Å²) in [5, 5.41) is 6.86. The number of hydrogen-bond donors (Lipinski definition) is 2. The number of carbonyl (C=O) groups is 1. The maximum Gasteiger partial charge on any atom is 0.224 e. The molecule has 4 rings (SSSR count). The number of anilines is 1. The Hall–Kier alpha value is -1.35. The Morgan fingerprint density at radius 1 is 1.14 bits per heavy atom. The van der Waals surface area contributed by atoms with Gasteiger partial charge in [0.1, 0.15) is 0 Å². The van der Waals surface area contributed by atoms with Crippen molar-refractivity contribution in [3.63, 3.8) is 0 Å². The van der Waals surface area contributed by atoms with E-state index in [2.05, 4.69) is 28.8 Å². The molecule has 0 aromatic heterocycles. The third kappa shape index (κ3) is 2.91. The second-order valence-electron chi connectivity index (χ2n) is 7.38. The molecule has 2 bridgehead atoms. The van der Waals surface area contributed by atoms with E-state index >= 15 is 0 Å². The SMILES string of the molecule is O=C(CC1CC2CCC(C1)N2)Nc1cccc2c1CCCC2. The average molecular weight is 298 g/mol. The van der Waals surface area contributed by atoms with E-state index in [9.17, 15) is 4.79 Å². The van der Waals surface area contributed by atoms with E-state index in [0.717, 1.165) is 18.5 Å². The van der Waals surface area contributed by atoms with Gasteiger partial charge in [-0.3, -0.25) is 4.79 Å². The van der Waals surface area contributed by atoms with Crippen LogP contribution in [0.1, 0.15) is 56.1 Å². The molecule has 2 N–H and O–H groups in total. The molecule has 1 aromatic rings. The van der Waals surface area contributed by atoms with Crippen molar-refractivity contribution < 1.29 is 4.79 Å². The summed E-state index contributed by atoms with van der Waals surface area (Å²) in [4.78, 5) is 12.5. The number of carbonyl (C=O) groups excluding carboxylic acids is 1. The normalized spacial score (nSPS) is 29.9. The molecule has 1 aromatic carbocycles. The Labute approximate surface area is 132 Å². The van der Waals surface area contributed by atoms with Gasteiger partial charge >= 0.3 is 0 Å². The van der Waals surface area contributed by atoms with Gasteiger partial charge in [-0.15, -0.1) is 0 Å². The van der Waals surface area contributed by atoms with Crippen LogP contribution in [0.2, 0.25) is 0 Å². The third-order valence-corrected chi connectivity index (χ3v) is 5.71. The minimum absolute atomic E-state index is 0.213. The first kappa shape index (κ1) is 14.3. The standard InChI is InChI=1S/C19H26N2O/c22-19(12-13-10-15-8-9-16(11-13)20-15)21-18-7-3-5-14-4-1-2-6-17(14)18/h3,5,7,13,15-16,20H,1-2,4,6,8-12H2,(H,21,22). The zero-order valence-electron chi connectivity index (χ0n) is 13.2. The highest BCUT2D eigenvalue weighted by atomic mass is 16.1. The molecule has 3 heteroatoms. The Morgan fingerprint density at radius 3 is 2.73 bits per heavy atom. The van der Waals surface area contributed by atoms with Gasteiger partial charge in [0, 0.05) is 24.2 Å². The Balaban J connectivity index is 1.40. The maximum atomic E-state index is 12.5. The summed E-state index contributed by atoms with van der Waals surface area (Å²) in [6, 6.07) is 7.72. The van der Waals surface area contributed by atoms with Gasteiger partial charge in [-0.25, -0.2) is 0 Å². The number of amides is 1. The number of rotatable bonds is 3. The molecule has 2 heterocycles. The van der Waals surface area contributed by atoms with E-state index in [1.165, 1.54) is 49.7 Å². The predicted octanol–water partition coefficient (Wildman–Crippen LogP) is 3.42. The van der Waals surface area contributed by atoms with E-state index in [0.29, 0.717) is 24.4 Å². The van der Waals surface area contributed by atoms with Crippen LogP contribution in [-0.4, -0.2) is 18.0 Å². The lowest BCUT2D eigenvalue weighted by atomic mass is 9.88. The molecule has 2 unspecified atom stereocenters. The third-order valence-electron chi connectivity index (χ3n) is 5.71. The van der Waals surface area contributed by atoms with Gasteiger partial charge in [-0.2, -0.15) is 0 Å². The lowest BCUT2D eigenvalue weighted by molar-refractivity contribution is -0.117. The van der Waals surface area contributed by atoms with Crippen LogP contribution in [-0.2, 0) is 17.6 Å². The molecule has 1 aliphatic carbocycles. The first-order chi connectivity index (χ1) is 10.8. The summed E-state index contributed by atoms with van der Waals surface area (Å²) in [6.45, 7) is 0. The molecule has 2 aliphatic heterocycles. The molecule has 0 spiro atoms. The quantitative estimate of drug-likeness (QED) is 0.897. The van der Waals surface area contributed by atoms with Crippen molar-refractivity contribution in [1.29, 1.82) is 0 Å². The van der Waals surface area contributed by atoms with E-state index < -0.39 is 0 Å². The highest BCUT2D eigenvalue weighted by Gasteiger charge is 2.34. The Bertz CT molecular complexity index is 557. The molecule has 3 nitrogen and oxygen atoms in total. The summed E-state index contributed by atoms with van der Waals surface area (Å²) < 4.78 is 0. The van der Waals surface area contributed by atoms with Crippen molar-refractivity contribution in [2.45, 2.75) is 69.9 Å². The molecule has 22 heavy (non-hydrogen) atoms. The first-order valence-electron chi connectivity index (χ1n) is 8.94. The fraction of sp³-hybridized carbons (Fsp3) is 0.632. The monoisotopic (exact) mass is 298 g/mol. The van der Waals surface area contributed by atoms with Crippen LogP contribution in [0.4, 0.5) is 5.69 Å². The van der Waals surface area contributed by atoms with Crippen LogP contribution in [0.5, 0.6) is 0 Å². The fourth-order valence-electron chi connectivity index (χ4n) is 4.70. The van der Waals surface area contributed by atoms with Gasteiger partial charge in [0.15, 0.2) is 0 Å². The molecule has 3 aliphatic rings. The molecular weight excluding hydrogens is 272 g/mol. The van der Waals surface area contributed by atoms with Gasteiger partial charge in [0.05, 0.1) is 0 Å². The van der Waals surface area contributed by atoms with Gasteiger partial charge in [0.2, 0.25) is 5.91 Å². The maximum absolute atomic E-state index is 12.5. The minimum Gasteiger partial charge on any atom is -0.326 e. The zero-order valence-corrected chi connectivity index (χ0v) is 13.2. The van der Waals surface area contributed by atoms with Crippen molar-refractivity contribution in [3.8, 4) is 0 Å². The topological polar surface area (TPSA) is 41.1 Å². The molecule has 0 radical (unpaired) electrons. The van der Waals surface area contributed by atoms with Crippen molar-refractivity contribution in [3.05, 3.63) is 29.3 Å². The molecule has 118 valence electrons. The number of hydrogen-bond acceptors (Lipinski definition) is 2. The second-order valence-corrected chi connectivity index (χ2v) is 7.38. The second kappa shape index (κ2) is 6.04. The van der Waals surface area contributed by atoms with Gasteiger partial charge in [0.25, 0.3) is 0 Å². The largest absolute Gasteiger partial charge is 0.326 e. The molecule has 2 atom stereocenters. The van der Waals surface area contributed by atoms with Crippen molar-refractivity contribution in [2.24, 2.45) is 5.92 Å². The van der Waals surface area contributed by atoms with Crippen LogP contribution in [0.25, 0.3) is 0 Å². The van der Waals surface area contributed by atoms with Gasteiger partial charge < -0.3 is 10.6 Å². The summed E-state index contributed by atoms with van der Waals surface area (Å²) in [6.07, 6.45) is 10.5. The summed E-state index contributed by atoms with van der Waals surface area (Å²) in [7, 11) is 0. The van der Waals surface area contributed by atoms with E-state index in [1.807, 2.05) is 0 Å². The van der Waals surface area contributed by atoms with E-state index in [4.69, 9.17) is 0 Å². The molecule has 2 saturated heterocycles. The van der Waals surface area contributed by atoms with Crippen molar-refractivity contribution >= 4 is 11.6 Å². The van der Waals surface area contributed by atoms with Crippen LogP contribution in [0.3, 0.4) is 0 Å². The summed E-state index contributed by atoms with van der Waals surface area (Å²) >= 11 is 0. The zero-order chi connectivity index (χ0) is 14.9. The van der Waals surface area contributed by atoms with Crippen molar-refractivity contribution in [2.75, 3.05) is 5.32 Å². The lowest BCUT2D eigenvalue weighted by Gasteiger charge is -2.28. The number of benzene rings is 1. The number of nitrogens with one attached hydrogen (secondary N) is 2. The van der Waals surface area contributed by atoms with Crippen LogP contribution < -0.4 is 10.6 Å². The van der Waals surface area contributed by atoms with Gasteiger partial charge in [-0.05, 0) is 74.5 Å². The molecule has 0 saturated carbocycles. The lowest BCUT2D eigenvalue weighted by Crippen LogP contribution is -2.39. The van der Waals surface area contributed by atoms with E-state index in [1.54, 1.807) is 0 Å².